The number of hydrogen-bond acceptors (Lipinski definition) is 10. The zero-order chi connectivity index (χ0) is 30.9. The average Bonchev–Trinajstić information content (AvgIpc) is 2.96. The van der Waals surface area contributed by atoms with Crippen LogP contribution in [0.3, 0.4) is 0 Å². The molecule has 238 valence electrons. The number of aromatic nitrogens is 2. The van der Waals surface area contributed by atoms with E-state index in [1.54, 1.807) is 6.20 Å². The van der Waals surface area contributed by atoms with Gasteiger partial charge in [-0.2, -0.15) is 4.98 Å². The molecule has 12 nitrogen and oxygen atoms in total. The fraction of sp³-hybridized carbons (Fsp3) is 0.600. The Morgan fingerprint density at radius 2 is 1.81 bits per heavy atom. The van der Waals surface area contributed by atoms with Crippen molar-refractivity contribution in [2.75, 3.05) is 76.9 Å². The van der Waals surface area contributed by atoms with E-state index in [0.29, 0.717) is 69.6 Å². The van der Waals surface area contributed by atoms with Crippen LogP contribution in [0.1, 0.15) is 39.5 Å². The van der Waals surface area contributed by atoms with Crippen molar-refractivity contribution >= 4 is 45.2 Å². The number of nitrogens with zero attached hydrogens (tertiary/aromatic N) is 3. The number of nitrogens with one attached hydrogen (secondary N) is 4. The summed E-state index contributed by atoms with van der Waals surface area (Å²) in [5.74, 6) is 2.10. The Morgan fingerprint density at radius 3 is 2.53 bits per heavy atom. The molecule has 2 aromatic rings. The van der Waals surface area contributed by atoms with Gasteiger partial charge in [0.1, 0.15) is 24.8 Å². The van der Waals surface area contributed by atoms with Crippen molar-refractivity contribution in [2.24, 2.45) is 5.92 Å². The SMILES string of the molecule is CC(C)NCCOCCOCC(=O)NCCOc1ccc(Nc2ncc(Br)c(NCCCN(C)C(=O)C3CCC3)n2)cc1. The van der Waals surface area contributed by atoms with Crippen molar-refractivity contribution in [3.8, 4) is 5.75 Å². The van der Waals surface area contributed by atoms with Crippen LogP contribution in [-0.2, 0) is 19.1 Å². The van der Waals surface area contributed by atoms with Gasteiger partial charge in [0.15, 0.2) is 0 Å². The topological polar surface area (TPSA) is 139 Å². The van der Waals surface area contributed by atoms with Gasteiger partial charge in [-0.25, -0.2) is 4.98 Å². The van der Waals surface area contributed by atoms with Crippen LogP contribution in [0.15, 0.2) is 34.9 Å². The van der Waals surface area contributed by atoms with Gasteiger partial charge in [-0.3, -0.25) is 9.59 Å². The molecule has 1 aromatic carbocycles. The molecule has 1 aliphatic carbocycles. The highest BCUT2D eigenvalue weighted by molar-refractivity contribution is 9.10. The van der Waals surface area contributed by atoms with E-state index in [1.165, 1.54) is 0 Å². The van der Waals surface area contributed by atoms with E-state index in [2.05, 4.69) is 61.0 Å². The maximum Gasteiger partial charge on any atom is 0.246 e. The number of carbonyl (C=O) groups is 2. The predicted molar refractivity (Wildman–Crippen MR) is 171 cm³/mol. The third-order valence-electron chi connectivity index (χ3n) is 6.75. The van der Waals surface area contributed by atoms with Crippen molar-refractivity contribution in [3.05, 3.63) is 34.9 Å². The minimum atomic E-state index is -0.195. The van der Waals surface area contributed by atoms with E-state index in [1.807, 2.05) is 36.2 Å². The highest BCUT2D eigenvalue weighted by atomic mass is 79.9. The molecule has 1 aromatic heterocycles. The number of benzene rings is 1. The van der Waals surface area contributed by atoms with Crippen LogP contribution in [0, 0.1) is 5.92 Å². The Morgan fingerprint density at radius 1 is 1.05 bits per heavy atom. The molecule has 0 atom stereocenters. The molecule has 4 N–H and O–H groups in total. The molecule has 13 heteroatoms. The predicted octanol–water partition coefficient (Wildman–Crippen LogP) is 3.57. The monoisotopic (exact) mass is 663 g/mol. The van der Waals surface area contributed by atoms with E-state index < -0.39 is 0 Å². The van der Waals surface area contributed by atoms with Crippen molar-refractivity contribution in [1.82, 2.24) is 25.5 Å². The molecule has 0 aliphatic heterocycles. The summed E-state index contributed by atoms with van der Waals surface area (Å²) < 4.78 is 17.3. The van der Waals surface area contributed by atoms with Crippen molar-refractivity contribution in [3.63, 3.8) is 0 Å². The molecule has 0 radical (unpaired) electrons. The minimum absolute atomic E-state index is 0.0118. The number of amides is 2. The normalized spacial score (nSPS) is 13.0. The summed E-state index contributed by atoms with van der Waals surface area (Å²) in [5.41, 5.74) is 0.808. The highest BCUT2D eigenvalue weighted by Gasteiger charge is 2.27. The zero-order valence-corrected chi connectivity index (χ0v) is 27.1. The van der Waals surface area contributed by atoms with Gasteiger partial charge in [0.05, 0.1) is 30.8 Å². The van der Waals surface area contributed by atoms with Crippen LogP contribution < -0.4 is 26.0 Å². The van der Waals surface area contributed by atoms with E-state index in [-0.39, 0.29) is 24.3 Å². The maximum absolute atomic E-state index is 12.3. The average molecular weight is 665 g/mol. The molecule has 0 bridgehead atoms. The molecule has 0 unspecified atom stereocenters. The van der Waals surface area contributed by atoms with Gasteiger partial charge in [0.25, 0.3) is 0 Å². The van der Waals surface area contributed by atoms with Gasteiger partial charge in [-0.1, -0.05) is 20.3 Å². The van der Waals surface area contributed by atoms with E-state index in [0.717, 1.165) is 42.4 Å². The quantitative estimate of drug-likeness (QED) is 0.147. The molecule has 2 amide bonds. The highest BCUT2D eigenvalue weighted by Crippen LogP contribution is 2.28. The second-order valence-corrected chi connectivity index (χ2v) is 11.5. The first-order valence-electron chi connectivity index (χ1n) is 15.0. The van der Waals surface area contributed by atoms with Crippen LogP contribution >= 0.6 is 15.9 Å². The van der Waals surface area contributed by atoms with E-state index in [9.17, 15) is 9.59 Å². The molecule has 1 saturated carbocycles. The van der Waals surface area contributed by atoms with Gasteiger partial charge < -0.3 is 40.4 Å². The Balaban J connectivity index is 1.27. The molecular weight excluding hydrogens is 618 g/mol. The second kappa shape index (κ2) is 19.3. The summed E-state index contributed by atoms with van der Waals surface area (Å²) in [7, 11) is 1.88. The third-order valence-corrected chi connectivity index (χ3v) is 7.33. The van der Waals surface area contributed by atoms with Crippen LogP contribution in [0.25, 0.3) is 0 Å². The lowest BCUT2D eigenvalue weighted by Crippen LogP contribution is -2.37. The van der Waals surface area contributed by atoms with Gasteiger partial charge in [0.2, 0.25) is 17.8 Å². The number of carbonyl (C=O) groups excluding carboxylic acids is 2. The Bertz CT molecular complexity index is 1120. The summed E-state index contributed by atoms with van der Waals surface area (Å²) in [6.07, 6.45) is 5.71. The van der Waals surface area contributed by atoms with E-state index in [4.69, 9.17) is 14.2 Å². The first-order chi connectivity index (χ1) is 20.8. The molecule has 1 fully saturated rings. The van der Waals surface area contributed by atoms with Gasteiger partial charge >= 0.3 is 0 Å². The Kier molecular flexibility index (Phi) is 15.5. The molecule has 3 rings (SSSR count). The summed E-state index contributed by atoms with van der Waals surface area (Å²) in [4.78, 5) is 34.9. The first kappa shape index (κ1) is 34.5. The van der Waals surface area contributed by atoms with Crippen molar-refractivity contribution in [2.45, 2.75) is 45.6 Å². The molecule has 43 heavy (non-hydrogen) atoms. The van der Waals surface area contributed by atoms with Crippen LogP contribution in [0.4, 0.5) is 17.5 Å². The lowest BCUT2D eigenvalue weighted by Gasteiger charge is -2.29. The van der Waals surface area contributed by atoms with Gasteiger partial charge in [-0.15, -0.1) is 0 Å². The molecular formula is C30H46BrN7O5. The smallest absolute Gasteiger partial charge is 0.246 e. The van der Waals surface area contributed by atoms with Gasteiger partial charge in [-0.05, 0) is 59.5 Å². The summed E-state index contributed by atoms with van der Waals surface area (Å²) in [5, 5.41) is 12.6. The fourth-order valence-corrected chi connectivity index (χ4v) is 4.46. The van der Waals surface area contributed by atoms with E-state index >= 15 is 0 Å². The van der Waals surface area contributed by atoms with Crippen molar-refractivity contribution in [1.29, 1.82) is 0 Å². The molecule has 0 saturated heterocycles. The number of hydrogen-bond donors (Lipinski definition) is 4. The summed E-state index contributed by atoms with van der Waals surface area (Å²) in [6.45, 7) is 8.48. The minimum Gasteiger partial charge on any atom is -0.492 e. The Hall–Kier alpha value is -3.00. The largest absolute Gasteiger partial charge is 0.492 e. The Labute approximate surface area is 263 Å². The lowest BCUT2D eigenvalue weighted by atomic mass is 9.84. The summed E-state index contributed by atoms with van der Waals surface area (Å²) in [6, 6.07) is 7.85. The first-order valence-corrected chi connectivity index (χ1v) is 15.8. The zero-order valence-electron chi connectivity index (χ0n) is 25.5. The standard InChI is InChI=1S/C30H46BrN7O5/c1-22(2)32-13-16-41-18-19-42-21-27(39)33-14-17-43-25-10-8-24(9-11-25)36-30-35-20-26(31)28(37-30)34-12-5-15-38(3)29(40)23-6-4-7-23/h8-11,20,22-23,32H,4-7,12-19,21H2,1-3H3,(H,33,39)(H2,34,35,36,37). The fourth-order valence-electron chi connectivity index (χ4n) is 4.13. The third kappa shape index (κ3) is 13.5. The number of rotatable bonds is 21. The second-order valence-electron chi connectivity index (χ2n) is 10.7. The number of ether oxygens (including phenoxy) is 3. The van der Waals surface area contributed by atoms with Crippen LogP contribution in [0.5, 0.6) is 5.75 Å². The molecule has 1 aliphatic rings. The van der Waals surface area contributed by atoms with Crippen LogP contribution in [-0.4, -0.2) is 99.0 Å². The number of halogens is 1. The van der Waals surface area contributed by atoms with Crippen molar-refractivity contribution < 1.29 is 23.8 Å². The van der Waals surface area contributed by atoms with Crippen LogP contribution in [0.2, 0.25) is 0 Å². The molecule has 1 heterocycles. The summed E-state index contributed by atoms with van der Waals surface area (Å²) >= 11 is 3.50. The lowest BCUT2D eigenvalue weighted by molar-refractivity contribution is -0.136. The molecule has 0 spiro atoms. The van der Waals surface area contributed by atoms with Gasteiger partial charge in [0, 0.05) is 50.5 Å². The number of anilines is 3. The maximum atomic E-state index is 12.3.